The van der Waals surface area contributed by atoms with Gasteiger partial charge >= 0.3 is 0 Å². The Kier molecular flexibility index (Phi) is 3.17. The fourth-order valence-corrected chi connectivity index (χ4v) is 2.59. The number of aromatic nitrogens is 1. The first-order chi connectivity index (χ1) is 10.0. The normalized spacial score (nSPS) is 18.1. The summed E-state index contributed by atoms with van der Waals surface area (Å²) in [6.07, 6.45) is 0.731. The summed E-state index contributed by atoms with van der Waals surface area (Å²) in [5.41, 5.74) is 6.07. The lowest BCUT2D eigenvalue weighted by Gasteiger charge is -2.17. The van der Waals surface area contributed by atoms with Gasteiger partial charge in [0.2, 0.25) is 5.91 Å². The maximum Gasteiger partial charge on any atom is 0.270 e. The molecule has 7 heteroatoms. The molecule has 1 fully saturated rings. The molecule has 21 heavy (non-hydrogen) atoms. The highest BCUT2D eigenvalue weighted by molar-refractivity contribution is 5.83. The second kappa shape index (κ2) is 5.01. The number of fused-ring (bicyclic) bond motifs is 1. The Morgan fingerprint density at radius 2 is 2.19 bits per heavy atom. The van der Waals surface area contributed by atoms with Crippen LogP contribution in [0.5, 0.6) is 0 Å². The highest BCUT2D eigenvalue weighted by Gasteiger charge is 2.27. The number of carbonyl (C=O) groups excluding carboxylic acids is 1. The standard InChI is InChI=1S/C14H14N4O3/c15-14(19)10-5-6-17(8-10)13-4-1-9-7-11(18(20)21)2-3-12(9)16-13/h1-4,7,10H,5-6,8H2,(H2,15,19)/t10-/m1/s1. The summed E-state index contributed by atoms with van der Waals surface area (Å²) < 4.78 is 0. The predicted octanol–water partition coefficient (Wildman–Crippen LogP) is 1.45. The van der Waals surface area contributed by atoms with E-state index in [-0.39, 0.29) is 17.5 Å². The number of hydrogen-bond acceptors (Lipinski definition) is 5. The molecule has 1 aromatic carbocycles. The Balaban J connectivity index is 1.90. The maximum atomic E-state index is 11.2. The summed E-state index contributed by atoms with van der Waals surface area (Å²) >= 11 is 0. The molecule has 0 spiro atoms. The highest BCUT2D eigenvalue weighted by atomic mass is 16.6. The average molecular weight is 286 g/mol. The highest BCUT2D eigenvalue weighted by Crippen LogP contribution is 2.26. The predicted molar refractivity (Wildman–Crippen MR) is 77.9 cm³/mol. The molecule has 1 aliphatic heterocycles. The van der Waals surface area contributed by atoms with E-state index >= 15 is 0 Å². The summed E-state index contributed by atoms with van der Waals surface area (Å²) in [5, 5.41) is 11.5. The zero-order valence-electron chi connectivity index (χ0n) is 11.2. The van der Waals surface area contributed by atoms with E-state index in [1.807, 2.05) is 17.0 Å². The molecule has 1 aliphatic rings. The summed E-state index contributed by atoms with van der Waals surface area (Å²) in [5.74, 6) is 0.341. The van der Waals surface area contributed by atoms with Crippen molar-refractivity contribution in [1.29, 1.82) is 0 Å². The fraction of sp³-hybridized carbons (Fsp3) is 0.286. The second-order valence-electron chi connectivity index (χ2n) is 5.14. The Hall–Kier alpha value is -2.70. The Labute approximate surface area is 120 Å². The van der Waals surface area contributed by atoms with Crippen LogP contribution in [0.15, 0.2) is 30.3 Å². The summed E-state index contributed by atoms with van der Waals surface area (Å²) in [6, 6.07) is 8.20. The van der Waals surface area contributed by atoms with Crippen LogP contribution < -0.4 is 10.6 Å². The van der Waals surface area contributed by atoms with Crippen molar-refractivity contribution in [2.75, 3.05) is 18.0 Å². The topological polar surface area (TPSA) is 102 Å². The van der Waals surface area contributed by atoms with Crippen molar-refractivity contribution < 1.29 is 9.72 Å². The molecule has 0 bridgehead atoms. The van der Waals surface area contributed by atoms with Crippen LogP contribution in [0, 0.1) is 16.0 Å². The Bertz CT molecular complexity index is 731. The lowest BCUT2D eigenvalue weighted by Crippen LogP contribution is -2.27. The van der Waals surface area contributed by atoms with Crippen LogP contribution >= 0.6 is 0 Å². The average Bonchev–Trinajstić information content (AvgIpc) is 2.96. The van der Waals surface area contributed by atoms with Crippen molar-refractivity contribution in [1.82, 2.24) is 4.98 Å². The second-order valence-corrected chi connectivity index (χ2v) is 5.14. The van der Waals surface area contributed by atoms with Gasteiger partial charge in [0.05, 0.1) is 16.4 Å². The van der Waals surface area contributed by atoms with Crippen molar-refractivity contribution >= 4 is 28.3 Å². The number of nitrogens with two attached hydrogens (primary N) is 1. The van der Waals surface area contributed by atoms with Crippen molar-refractivity contribution in [3.05, 3.63) is 40.4 Å². The van der Waals surface area contributed by atoms with Gasteiger partial charge in [-0.15, -0.1) is 0 Å². The van der Waals surface area contributed by atoms with E-state index in [1.54, 1.807) is 6.07 Å². The number of nitro groups is 1. The summed E-state index contributed by atoms with van der Waals surface area (Å²) in [6.45, 7) is 1.31. The third kappa shape index (κ3) is 2.49. The van der Waals surface area contributed by atoms with Gasteiger partial charge in [-0.05, 0) is 24.6 Å². The van der Waals surface area contributed by atoms with Gasteiger partial charge in [-0.25, -0.2) is 4.98 Å². The molecule has 3 rings (SSSR count). The van der Waals surface area contributed by atoms with E-state index in [9.17, 15) is 14.9 Å². The van der Waals surface area contributed by atoms with E-state index in [0.717, 1.165) is 24.2 Å². The van der Waals surface area contributed by atoms with Crippen LogP contribution in [0.4, 0.5) is 11.5 Å². The van der Waals surface area contributed by atoms with Crippen LogP contribution in [0.3, 0.4) is 0 Å². The Morgan fingerprint density at radius 1 is 1.38 bits per heavy atom. The summed E-state index contributed by atoms with van der Waals surface area (Å²) in [4.78, 5) is 28.0. The number of hydrogen-bond donors (Lipinski definition) is 1. The van der Waals surface area contributed by atoms with Crippen LogP contribution in [0.25, 0.3) is 10.9 Å². The minimum absolute atomic E-state index is 0.0482. The number of benzene rings is 1. The molecule has 1 saturated heterocycles. The molecule has 0 saturated carbocycles. The van der Waals surface area contributed by atoms with Crippen LogP contribution in [0.1, 0.15) is 6.42 Å². The van der Waals surface area contributed by atoms with E-state index in [2.05, 4.69) is 4.98 Å². The molecule has 2 heterocycles. The number of amides is 1. The lowest BCUT2D eigenvalue weighted by atomic mass is 10.1. The minimum Gasteiger partial charge on any atom is -0.369 e. The van der Waals surface area contributed by atoms with Gasteiger partial charge in [0.15, 0.2) is 0 Å². The first kappa shape index (κ1) is 13.3. The number of primary amides is 1. The number of nitrogens with zero attached hydrogens (tertiary/aromatic N) is 3. The van der Waals surface area contributed by atoms with Crippen molar-refractivity contribution in [3.8, 4) is 0 Å². The quantitative estimate of drug-likeness (QED) is 0.679. The number of pyridine rings is 1. The van der Waals surface area contributed by atoms with Crippen molar-refractivity contribution in [2.24, 2.45) is 11.7 Å². The molecule has 2 aromatic rings. The van der Waals surface area contributed by atoms with E-state index in [4.69, 9.17) is 5.73 Å². The maximum absolute atomic E-state index is 11.2. The number of rotatable bonds is 3. The molecule has 0 radical (unpaired) electrons. The molecule has 0 aliphatic carbocycles. The minimum atomic E-state index is -0.425. The zero-order chi connectivity index (χ0) is 15.0. The first-order valence-electron chi connectivity index (χ1n) is 6.64. The third-order valence-corrected chi connectivity index (χ3v) is 3.78. The molecule has 1 aromatic heterocycles. The number of anilines is 1. The molecule has 2 N–H and O–H groups in total. The molecule has 1 amide bonds. The fourth-order valence-electron chi connectivity index (χ4n) is 2.59. The number of carbonyl (C=O) groups is 1. The van der Waals surface area contributed by atoms with E-state index < -0.39 is 4.92 Å². The van der Waals surface area contributed by atoms with Gasteiger partial charge in [-0.2, -0.15) is 0 Å². The largest absolute Gasteiger partial charge is 0.369 e. The number of non-ortho nitro benzene ring substituents is 1. The van der Waals surface area contributed by atoms with E-state index in [1.165, 1.54) is 12.1 Å². The van der Waals surface area contributed by atoms with Crippen molar-refractivity contribution in [3.63, 3.8) is 0 Å². The van der Waals surface area contributed by atoms with Gasteiger partial charge in [0, 0.05) is 30.6 Å². The Morgan fingerprint density at radius 3 is 2.86 bits per heavy atom. The molecule has 1 atom stereocenters. The molecule has 7 nitrogen and oxygen atoms in total. The third-order valence-electron chi connectivity index (χ3n) is 3.78. The van der Waals surface area contributed by atoms with E-state index in [0.29, 0.717) is 12.1 Å². The monoisotopic (exact) mass is 286 g/mol. The van der Waals surface area contributed by atoms with Gasteiger partial charge in [-0.3, -0.25) is 14.9 Å². The number of nitro benzene ring substituents is 1. The molecule has 0 unspecified atom stereocenters. The van der Waals surface area contributed by atoms with Gasteiger partial charge in [-0.1, -0.05) is 0 Å². The molecular weight excluding hydrogens is 272 g/mol. The summed E-state index contributed by atoms with van der Waals surface area (Å²) in [7, 11) is 0. The SMILES string of the molecule is NC(=O)[C@@H]1CCN(c2ccc3cc([N+](=O)[O-])ccc3n2)C1. The lowest BCUT2D eigenvalue weighted by molar-refractivity contribution is -0.384. The smallest absolute Gasteiger partial charge is 0.270 e. The van der Waals surface area contributed by atoms with Gasteiger partial charge in [0.25, 0.3) is 5.69 Å². The van der Waals surface area contributed by atoms with Gasteiger partial charge < -0.3 is 10.6 Å². The van der Waals surface area contributed by atoms with Crippen LogP contribution in [-0.2, 0) is 4.79 Å². The van der Waals surface area contributed by atoms with Crippen molar-refractivity contribution in [2.45, 2.75) is 6.42 Å². The van der Waals surface area contributed by atoms with Crippen LogP contribution in [0.2, 0.25) is 0 Å². The van der Waals surface area contributed by atoms with Crippen LogP contribution in [-0.4, -0.2) is 28.9 Å². The first-order valence-corrected chi connectivity index (χ1v) is 6.64. The molecular formula is C14H14N4O3. The molecule has 108 valence electrons. The van der Waals surface area contributed by atoms with Gasteiger partial charge in [0.1, 0.15) is 5.82 Å². The zero-order valence-corrected chi connectivity index (χ0v) is 11.2.